The van der Waals surface area contributed by atoms with Gasteiger partial charge in [-0.15, -0.1) is 0 Å². The summed E-state index contributed by atoms with van der Waals surface area (Å²) in [6.07, 6.45) is 0.934. The van der Waals surface area contributed by atoms with Gasteiger partial charge in [0.15, 0.2) is 0 Å². The molecule has 2 aliphatic heterocycles. The molecule has 3 heterocycles. The molecule has 1 fully saturated rings. The SMILES string of the molecule is COC(=O)[C@@H]1CON2CCc3c([nH]c4ccccc34)[C@@H]12. The lowest BCUT2D eigenvalue weighted by Crippen LogP contribution is -2.34. The monoisotopic (exact) mass is 272 g/mol. The highest BCUT2D eigenvalue weighted by Crippen LogP contribution is 2.42. The van der Waals surface area contributed by atoms with E-state index in [9.17, 15) is 4.79 Å². The van der Waals surface area contributed by atoms with E-state index in [0.29, 0.717) is 6.61 Å². The smallest absolute Gasteiger partial charge is 0.313 e. The van der Waals surface area contributed by atoms with Crippen LogP contribution in [0.2, 0.25) is 0 Å². The number of aromatic nitrogens is 1. The minimum atomic E-state index is -0.257. The van der Waals surface area contributed by atoms with Crippen LogP contribution in [0.3, 0.4) is 0 Å². The molecule has 0 radical (unpaired) electrons. The van der Waals surface area contributed by atoms with Crippen molar-refractivity contribution in [2.24, 2.45) is 5.92 Å². The summed E-state index contributed by atoms with van der Waals surface area (Å²) in [7, 11) is 1.43. The summed E-state index contributed by atoms with van der Waals surface area (Å²) >= 11 is 0. The molecule has 2 aliphatic rings. The molecule has 0 saturated carbocycles. The number of benzene rings is 1. The molecule has 1 aromatic carbocycles. The van der Waals surface area contributed by atoms with Gasteiger partial charge in [-0.1, -0.05) is 18.2 Å². The minimum Gasteiger partial charge on any atom is -0.469 e. The second kappa shape index (κ2) is 4.33. The number of methoxy groups -OCH3 is 1. The van der Waals surface area contributed by atoms with Gasteiger partial charge in [0.1, 0.15) is 5.92 Å². The van der Waals surface area contributed by atoms with Crippen molar-refractivity contribution < 1.29 is 14.4 Å². The van der Waals surface area contributed by atoms with E-state index in [0.717, 1.165) is 24.2 Å². The van der Waals surface area contributed by atoms with Crippen LogP contribution >= 0.6 is 0 Å². The maximum atomic E-state index is 12.0. The van der Waals surface area contributed by atoms with Gasteiger partial charge in [-0.05, 0) is 18.1 Å². The van der Waals surface area contributed by atoms with Crippen molar-refractivity contribution in [1.29, 1.82) is 0 Å². The highest BCUT2D eigenvalue weighted by atomic mass is 16.7. The number of nitrogens with zero attached hydrogens (tertiary/aromatic N) is 1. The average Bonchev–Trinajstić information content (AvgIpc) is 3.07. The number of ether oxygens (including phenoxy) is 1. The molecule has 2 aromatic rings. The van der Waals surface area contributed by atoms with Gasteiger partial charge in [-0.3, -0.25) is 9.63 Å². The molecule has 0 bridgehead atoms. The summed E-state index contributed by atoms with van der Waals surface area (Å²) in [5, 5.41) is 3.16. The summed E-state index contributed by atoms with van der Waals surface area (Å²) in [6.45, 7) is 1.21. The van der Waals surface area contributed by atoms with Crippen LogP contribution in [-0.2, 0) is 20.8 Å². The number of carbonyl (C=O) groups is 1. The number of para-hydroxylation sites is 1. The van der Waals surface area contributed by atoms with E-state index in [2.05, 4.69) is 17.1 Å². The van der Waals surface area contributed by atoms with Crippen molar-refractivity contribution >= 4 is 16.9 Å². The second-order valence-corrected chi connectivity index (χ2v) is 5.32. The van der Waals surface area contributed by atoms with Gasteiger partial charge in [0.05, 0.1) is 19.8 Å². The zero-order valence-corrected chi connectivity index (χ0v) is 11.3. The molecule has 5 nitrogen and oxygen atoms in total. The van der Waals surface area contributed by atoms with E-state index in [1.807, 2.05) is 17.2 Å². The summed E-state index contributed by atoms with van der Waals surface area (Å²) in [5.74, 6) is -0.462. The molecule has 1 N–H and O–H groups in total. The molecule has 1 saturated heterocycles. The number of hydrogen-bond donors (Lipinski definition) is 1. The van der Waals surface area contributed by atoms with Crippen LogP contribution in [-0.4, -0.2) is 36.3 Å². The number of aromatic amines is 1. The standard InChI is InChI=1S/C15H16N2O3/c1-19-15(18)11-8-20-17-7-6-10-9-4-2-3-5-12(9)16-13(10)14(11)17/h2-5,11,14,16H,6-8H2,1H3/t11-,14-/m1/s1. The molecule has 5 heteroatoms. The van der Waals surface area contributed by atoms with Gasteiger partial charge in [-0.2, -0.15) is 5.06 Å². The first-order valence-corrected chi connectivity index (χ1v) is 6.86. The summed E-state index contributed by atoms with van der Waals surface area (Å²) in [5.41, 5.74) is 3.53. The average molecular weight is 272 g/mol. The summed E-state index contributed by atoms with van der Waals surface area (Å²) in [4.78, 5) is 21.1. The fourth-order valence-electron chi connectivity index (χ4n) is 3.41. The summed E-state index contributed by atoms with van der Waals surface area (Å²) < 4.78 is 4.91. The third kappa shape index (κ3) is 1.53. The molecule has 0 spiro atoms. The van der Waals surface area contributed by atoms with Crippen molar-refractivity contribution in [2.75, 3.05) is 20.3 Å². The first kappa shape index (κ1) is 11.9. The van der Waals surface area contributed by atoms with Crippen LogP contribution in [0, 0.1) is 5.92 Å². The quantitative estimate of drug-likeness (QED) is 0.804. The Balaban J connectivity index is 1.85. The molecule has 2 atom stereocenters. The molecule has 104 valence electrons. The molecular weight excluding hydrogens is 256 g/mol. The minimum absolute atomic E-state index is 0.0569. The van der Waals surface area contributed by atoms with Crippen LogP contribution < -0.4 is 0 Å². The molecule has 20 heavy (non-hydrogen) atoms. The van der Waals surface area contributed by atoms with Gasteiger partial charge < -0.3 is 9.72 Å². The zero-order chi connectivity index (χ0) is 13.7. The van der Waals surface area contributed by atoms with Gasteiger partial charge >= 0.3 is 5.97 Å². The molecule has 4 rings (SSSR count). The van der Waals surface area contributed by atoms with Crippen molar-refractivity contribution in [3.05, 3.63) is 35.5 Å². The Kier molecular flexibility index (Phi) is 2.58. The Morgan fingerprint density at radius 3 is 3.15 bits per heavy atom. The first-order chi connectivity index (χ1) is 9.79. The third-order valence-electron chi connectivity index (χ3n) is 4.34. The van der Waals surface area contributed by atoms with Gasteiger partial charge in [0.2, 0.25) is 0 Å². The topological polar surface area (TPSA) is 54.6 Å². The van der Waals surface area contributed by atoms with E-state index in [4.69, 9.17) is 9.57 Å². The molecule has 0 amide bonds. The maximum absolute atomic E-state index is 12.0. The fraction of sp³-hybridized carbons (Fsp3) is 0.400. The van der Waals surface area contributed by atoms with Crippen molar-refractivity contribution in [1.82, 2.24) is 10.0 Å². The third-order valence-corrected chi connectivity index (χ3v) is 4.34. The van der Waals surface area contributed by atoms with E-state index < -0.39 is 0 Å². The highest BCUT2D eigenvalue weighted by Gasteiger charge is 2.45. The number of hydrogen-bond acceptors (Lipinski definition) is 4. The lowest BCUT2D eigenvalue weighted by molar-refractivity contribution is -0.146. The number of H-pyrrole nitrogens is 1. The molecule has 1 aromatic heterocycles. The fourth-order valence-corrected chi connectivity index (χ4v) is 3.41. The summed E-state index contributed by atoms with van der Waals surface area (Å²) in [6, 6.07) is 8.21. The predicted molar refractivity (Wildman–Crippen MR) is 72.9 cm³/mol. The van der Waals surface area contributed by atoms with Gasteiger partial charge in [0.25, 0.3) is 0 Å². The Morgan fingerprint density at radius 2 is 2.30 bits per heavy atom. The second-order valence-electron chi connectivity index (χ2n) is 5.32. The predicted octanol–water partition coefficient (Wildman–Crippen LogP) is 1.80. The Hall–Kier alpha value is -1.85. The molecular formula is C15H16N2O3. The normalized spacial score (nSPS) is 25.4. The molecule has 0 unspecified atom stereocenters. The van der Waals surface area contributed by atoms with Gasteiger partial charge in [0, 0.05) is 23.1 Å². The van der Waals surface area contributed by atoms with E-state index in [1.165, 1.54) is 18.1 Å². The zero-order valence-electron chi connectivity index (χ0n) is 11.3. The highest BCUT2D eigenvalue weighted by molar-refractivity contribution is 5.85. The van der Waals surface area contributed by atoms with E-state index in [1.54, 1.807) is 0 Å². The largest absolute Gasteiger partial charge is 0.469 e. The van der Waals surface area contributed by atoms with Crippen molar-refractivity contribution in [2.45, 2.75) is 12.5 Å². The van der Waals surface area contributed by atoms with Gasteiger partial charge in [-0.25, -0.2) is 0 Å². The van der Waals surface area contributed by atoms with Crippen LogP contribution in [0.5, 0.6) is 0 Å². The van der Waals surface area contributed by atoms with Crippen LogP contribution in [0.25, 0.3) is 10.9 Å². The number of hydroxylamine groups is 2. The Labute approximate surface area is 116 Å². The first-order valence-electron chi connectivity index (χ1n) is 6.86. The van der Waals surface area contributed by atoms with Crippen molar-refractivity contribution in [3.63, 3.8) is 0 Å². The van der Waals surface area contributed by atoms with E-state index >= 15 is 0 Å². The number of nitrogens with one attached hydrogen (secondary N) is 1. The van der Waals surface area contributed by atoms with Crippen LogP contribution in [0.15, 0.2) is 24.3 Å². The number of carbonyl (C=O) groups excluding carboxylic acids is 1. The Morgan fingerprint density at radius 1 is 1.45 bits per heavy atom. The Bertz CT molecular complexity index is 679. The lowest BCUT2D eigenvalue weighted by Gasteiger charge is -2.29. The lowest BCUT2D eigenvalue weighted by atomic mass is 9.91. The molecule has 0 aliphatic carbocycles. The number of esters is 1. The maximum Gasteiger partial charge on any atom is 0.313 e. The van der Waals surface area contributed by atoms with Crippen LogP contribution in [0.1, 0.15) is 17.3 Å². The number of rotatable bonds is 1. The van der Waals surface area contributed by atoms with Crippen molar-refractivity contribution in [3.8, 4) is 0 Å². The number of fused-ring (bicyclic) bond motifs is 5. The van der Waals surface area contributed by atoms with Crippen LogP contribution in [0.4, 0.5) is 0 Å². The van der Waals surface area contributed by atoms with E-state index in [-0.39, 0.29) is 17.9 Å².